The van der Waals surface area contributed by atoms with Crippen molar-refractivity contribution in [3.63, 3.8) is 0 Å². The van der Waals surface area contributed by atoms with E-state index in [4.69, 9.17) is 4.74 Å². The Morgan fingerprint density at radius 1 is 0.958 bits per heavy atom. The lowest BCUT2D eigenvalue weighted by Gasteiger charge is -2.24. The molecule has 2 amide bonds. The Morgan fingerprint density at radius 3 is 2.12 bits per heavy atom. The quantitative estimate of drug-likeness (QED) is 0.820. The molecule has 5 heteroatoms. The van der Waals surface area contributed by atoms with Crippen LogP contribution in [0.25, 0.3) is 0 Å². The summed E-state index contributed by atoms with van der Waals surface area (Å²) in [4.78, 5) is 27.9. The van der Waals surface area contributed by atoms with E-state index in [0.717, 1.165) is 5.75 Å². The number of carbonyl (C=O) groups is 2. The largest absolute Gasteiger partial charge is 0.494 e. The summed E-state index contributed by atoms with van der Waals surface area (Å²) in [6.45, 7) is 2.47. The molecule has 126 valence electrons. The standard InChI is InChI=1S/C19H22N2O3/c1-4-24-17-12-10-16(11-13-17)21(14-18(22)20(2)3)19(23)15-8-6-5-7-9-15/h5-13H,4,14H2,1-3H3. The summed E-state index contributed by atoms with van der Waals surface area (Å²) >= 11 is 0. The van der Waals surface area contributed by atoms with Crippen molar-refractivity contribution >= 4 is 17.5 Å². The van der Waals surface area contributed by atoms with Crippen LogP contribution in [0, 0.1) is 0 Å². The van der Waals surface area contributed by atoms with Gasteiger partial charge in [-0.1, -0.05) is 18.2 Å². The van der Waals surface area contributed by atoms with Gasteiger partial charge in [-0.05, 0) is 43.3 Å². The molecule has 0 aromatic heterocycles. The van der Waals surface area contributed by atoms with Gasteiger partial charge in [0.1, 0.15) is 12.3 Å². The van der Waals surface area contributed by atoms with Crippen molar-refractivity contribution in [2.75, 3.05) is 32.1 Å². The van der Waals surface area contributed by atoms with Crippen LogP contribution in [-0.2, 0) is 4.79 Å². The highest BCUT2D eigenvalue weighted by Crippen LogP contribution is 2.21. The summed E-state index contributed by atoms with van der Waals surface area (Å²) in [6, 6.07) is 16.1. The van der Waals surface area contributed by atoms with Crippen molar-refractivity contribution < 1.29 is 14.3 Å². The Balaban J connectivity index is 2.31. The van der Waals surface area contributed by atoms with Crippen LogP contribution in [0.2, 0.25) is 0 Å². The third-order valence-corrected chi connectivity index (χ3v) is 3.52. The third-order valence-electron chi connectivity index (χ3n) is 3.52. The van der Waals surface area contributed by atoms with Gasteiger partial charge in [0.15, 0.2) is 0 Å². The minimum atomic E-state index is -0.213. The van der Waals surface area contributed by atoms with Crippen molar-refractivity contribution in [2.45, 2.75) is 6.92 Å². The molecule has 0 saturated heterocycles. The predicted octanol–water partition coefficient (Wildman–Crippen LogP) is 2.82. The van der Waals surface area contributed by atoms with Crippen molar-refractivity contribution in [3.05, 3.63) is 60.2 Å². The summed E-state index contributed by atoms with van der Waals surface area (Å²) in [5.74, 6) is 0.371. The zero-order valence-corrected chi connectivity index (χ0v) is 14.2. The molecule has 0 aliphatic rings. The van der Waals surface area contributed by atoms with Gasteiger partial charge >= 0.3 is 0 Å². The normalized spacial score (nSPS) is 10.1. The summed E-state index contributed by atoms with van der Waals surface area (Å²) in [5.41, 5.74) is 1.19. The van der Waals surface area contributed by atoms with E-state index in [0.29, 0.717) is 17.9 Å². The summed E-state index contributed by atoms with van der Waals surface area (Å²) in [6.07, 6.45) is 0. The van der Waals surface area contributed by atoms with Gasteiger partial charge in [0.05, 0.1) is 6.61 Å². The van der Waals surface area contributed by atoms with Crippen molar-refractivity contribution in [3.8, 4) is 5.75 Å². The fourth-order valence-electron chi connectivity index (χ4n) is 2.18. The molecule has 0 aliphatic carbocycles. The van der Waals surface area contributed by atoms with Gasteiger partial charge in [-0.15, -0.1) is 0 Å². The summed E-state index contributed by atoms with van der Waals surface area (Å²) < 4.78 is 5.43. The number of nitrogens with zero attached hydrogens (tertiary/aromatic N) is 2. The number of carbonyl (C=O) groups excluding carboxylic acids is 2. The van der Waals surface area contributed by atoms with E-state index < -0.39 is 0 Å². The fraction of sp³-hybridized carbons (Fsp3) is 0.263. The molecule has 2 aromatic rings. The second-order valence-corrected chi connectivity index (χ2v) is 5.47. The van der Waals surface area contributed by atoms with Crippen molar-refractivity contribution in [1.82, 2.24) is 4.90 Å². The molecule has 0 heterocycles. The smallest absolute Gasteiger partial charge is 0.258 e. The molecule has 0 aliphatic heterocycles. The van der Waals surface area contributed by atoms with Crippen LogP contribution in [0.3, 0.4) is 0 Å². The van der Waals surface area contributed by atoms with E-state index in [-0.39, 0.29) is 18.4 Å². The summed E-state index contributed by atoms with van der Waals surface area (Å²) in [7, 11) is 3.34. The number of anilines is 1. The highest BCUT2D eigenvalue weighted by Gasteiger charge is 2.21. The minimum absolute atomic E-state index is 0.0191. The Bertz CT molecular complexity index is 682. The van der Waals surface area contributed by atoms with Crippen LogP contribution in [0.15, 0.2) is 54.6 Å². The van der Waals surface area contributed by atoms with Crippen LogP contribution in [0.1, 0.15) is 17.3 Å². The van der Waals surface area contributed by atoms with Gasteiger partial charge in [-0.3, -0.25) is 14.5 Å². The van der Waals surface area contributed by atoms with E-state index in [9.17, 15) is 9.59 Å². The van der Waals surface area contributed by atoms with E-state index >= 15 is 0 Å². The van der Waals surface area contributed by atoms with Gasteiger partial charge in [-0.25, -0.2) is 0 Å². The SMILES string of the molecule is CCOc1ccc(N(CC(=O)N(C)C)C(=O)c2ccccc2)cc1. The average molecular weight is 326 g/mol. The molecule has 0 radical (unpaired) electrons. The average Bonchev–Trinajstić information content (AvgIpc) is 2.60. The lowest BCUT2D eigenvalue weighted by Crippen LogP contribution is -2.40. The first-order valence-corrected chi connectivity index (χ1v) is 7.83. The Hall–Kier alpha value is -2.82. The number of amides is 2. The van der Waals surface area contributed by atoms with Crippen LogP contribution in [-0.4, -0.2) is 44.0 Å². The molecule has 2 aromatic carbocycles. The van der Waals surface area contributed by atoms with Gasteiger partial charge in [-0.2, -0.15) is 0 Å². The molecule has 24 heavy (non-hydrogen) atoms. The maximum absolute atomic E-state index is 12.8. The van der Waals surface area contributed by atoms with Gasteiger partial charge < -0.3 is 9.64 Å². The number of likely N-dealkylation sites (N-methyl/N-ethyl adjacent to an activating group) is 1. The van der Waals surface area contributed by atoms with Crippen LogP contribution >= 0.6 is 0 Å². The van der Waals surface area contributed by atoms with Crippen LogP contribution in [0.5, 0.6) is 5.75 Å². The first kappa shape index (κ1) is 17.5. The molecule has 5 nitrogen and oxygen atoms in total. The fourth-order valence-corrected chi connectivity index (χ4v) is 2.18. The maximum atomic E-state index is 12.8. The second kappa shape index (κ2) is 8.15. The number of ether oxygens (including phenoxy) is 1. The van der Waals surface area contributed by atoms with Crippen molar-refractivity contribution in [1.29, 1.82) is 0 Å². The predicted molar refractivity (Wildman–Crippen MR) is 94.4 cm³/mol. The molecule has 0 unspecified atom stereocenters. The van der Waals surface area contributed by atoms with Gasteiger partial charge in [0.2, 0.25) is 5.91 Å². The molecule has 0 fully saturated rings. The molecule has 0 saturated carbocycles. The molecule has 0 atom stereocenters. The molecule has 0 N–H and O–H groups in total. The highest BCUT2D eigenvalue weighted by atomic mass is 16.5. The van der Waals surface area contributed by atoms with Gasteiger partial charge in [0.25, 0.3) is 5.91 Å². The van der Waals surface area contributed by atoms with Gasteiger partial charge in [0, 0.05) is 25.3 Å². The number of hydrogen-bond donors (Lipinski definition) is 0. The maximum Gasteiger partial charge on any atom is 0.258 e. The zero-order valence-electron chi connectivity index (χ0n) is 14.2. The number of hydrogen-bond acceptors (Lipinski definition) is 3. The van der Waals surface area contributed by atoms with Crippen molar-refractivity contribution in [2.24, 2.45) is 0 Å². The lowest BCUT2D eigenvalue weighted by atomic mass is 10.1. The molecular formula is C19H22N2O3. The van der Waals surface area contributed by atoms with Crippen LogP contribution in [0.4, 0.5) is 5.69 Å². The van der Waals surface area contributed by atoms with E-state index in [1.54, 1.807) is 62.6 Å². The Morgan fingerprint density at radius 2 is 1.58 bits per heavy atom. The molecule has 0 bridgehead atoms. The zero-order chi connectivity index (χ0) is 17.5. The van der Waals surface area contributed by atoms with E-state index in [2.05, 4.69) is 0 Å². The van der Waals surface area contributed by atoms with E-state index in [1.807, 2.05) is 13.0 Å². The minimum Gasteiger partial charge on any atom is -0.494 e. The molecular weight excluding hydrogens is 304 g/mol. The lowest BCUT2D eigenvalue weighted by molar-refractivity contribution is -0.127. The Kier molecular flexibility index (Phi) is 5.95. The first-order valence-electron chi connectivity index (χ1n) is 7.83. The monoisotopic (exact) mass is 326 g/mol. The summed E-state index contributed by atoms with van der Waals surface area (Å²) in [5, 5.41) is 0. The van der Waals surface area contributed by atoms with E-state index in [1.165, 1.54) is 9.80 Å². The Labute approximate surface area is 142 Å². The highest BCUT2D eigenvalue weighted by molar-refractivity contribution is 6.08. The second-order valence-electron chi connectivity index (χ2n) is 5.47. The first-order chi connectivity index (χ1) is 11.5. The van der Waals surface area contributed by atoms with Crippen LogP contribution < -0.4 is 9.64 Å². The molecule has 2 rings (SSSR count). The molecule has 0 spiro atoms. The third kappa shape index (κ3) is 4.35. The number of benzene rings is 2. The number of rotatable bonds is 6. The topological polar surface area (TPSA) is 49.9 Å².